The maximum Gasteiger partial charge on any atom is 0.352 e. The lowest BCUT2D eigenvalue weighted by Gasteiger charge is -2.49. The van der Waals surface area contributed by atoms with E-state index in [1.165, 1.54) is 31.7 Å². The first kappa shape index (κ1) is 36.2. The molecule has 17 nitrogen and oxygen atoms in total. The lowest BCUT2D eigenvalue weighted by Crippen LogP contribution is -2.71. The molecule has 0 spiro atoms. The average molecular weight is 772 g/mol. The summed E-state index contributed by atoms with van der Waals surface area (Å²) >= 11 is 8.34. The number of anilines is 1. The molecule has 5 heterocycles. The highest BCUT2D eigenvalue weighted by Crippen LogP contribution is 2.40. The number of rotatable bonds is 12. The van der Waals surface area contributed by atoms with Crippen LogP contribution in [0.25, 0.3) is 10.9 Å². The predicted octanol–water partition coefficient (Wildman–Crippen LogP) is 1.51. The molecule has 2 aliphatic heterocycles. The second-order valence-corrected chi connectivity index (χ2v) is 14.5. The summed E-state index contributed by atoms with van der Waals surface area (Å²) in [5.41, 5.74) is 10.0. The van der Waals surface area contributed by atoms with Crippen molar-refractivity contribution in [2.24, 2.45) is 10.9 Å². The van der Waals surface area contributed by atoms with Gasteiger partial charge in [-0.15, -0.1) is 11.8 Å². The number of β-lactam (4-membered cyclic amide) rings is 1. The zero-order valence-corrected chi connectivity index (χ0v) is 29.6. The van der Waals surface area contributed by atoms with Gasteiger partial charge >= 0.3 is 11.9 Å². The average Bonchev–Trinajstić information content (AvgIpc) is 3.70. The second-order valence-electron chi connectivity index (χ2n) is 12.2. The summed E-state index contributed by atoms with van der Waals surface area (Å²) in [4.78, 5) is 61.0. The first-order valence-electron chi connectivity index (χ1n) is 15.2. The number of carboxylic acids is 2. The SMILES string of the molecule is CC(C)(O/N=C(\C(=O)N[C@@H]1C(=O)N2C(C(=O)O)=C(C[n+]3ccc4ccn(Cc5c(F)cc(C(=N)N)cc5Cl)c4c3)CS[C@H]12)c1nsc(N)n1)C(=O)O. The van der Waals surface area contributed by atoms with Gasteiger partial charge in [0.1, 0.15) is 34.3 Å². The number of pyridine rings is 1. The quantitative estimate of drug-likeness (QED) is 0.0394. The maximum atomic E-state index is 15.0. The van der Waals surface area contributed by atoms with Crippen LogP contribution >= 0.6 is 34.9 Å². The number of hydrogen-bond acceptors (Lipinski definition) is 12. The minimum atomic E-state index is -1.83. The number of nitrogens with zero attached hydrogens (tertiary/aromatic N) is 6. The molecule has 21 heteroatoms. The molecule has 0 saturated carbocycles. The van der Waals surface area contributed by atoms with E-state index >= 15 is 0 Å². The van der Waals surface area contributed by atoms with Crippen molar-refractivity contribution in [3.63, 3.8) is 0 Å². The number of benzene rings is 1. The molecule has 2 aliphatic rings. The number of halogens is 2. The van der Waals surface area contributed by atoms with Gasteiger partial charge in [0.2, 0.25) is 17.1 Å². The molecule has 0 aliphatic carbocycles. The molecule has 270 valence electrons. The van der Waals surface area contributed by atoms with Gasteiger partial charge < -0.3 is 36.4 Å². The zero-order chi connectivity index (χ0) is 37.6. The van der Waals surface area contributed by atoms with Crippen LogP contribution in [0.5, 0.6) is 0 Å². The van der Waals surface area contributed by atoms with E-state index in [-0.39, 0.29) is 57.5 Å². The molecule has 0 unspecified atom stereocenters. The number of thioether (sulfide) groups is 1. The lowest BCUT2D eigenvalue weighted by atomic mass is 10.0. The number of nitrogens with one attached hydrogen (secondary N) is 2. The van der Waals surface area contributed by atoms with Gasteiger partial charge in [0.05, 0.1) is 6.54 Å². The van der Waals surface area contributed by atoms with E-state index in [0.717, 1.165) is 27.9 Å². The van der Waals surface area contributed by atoms with Crippen molar-refractivity contribution in [2.45, 2.75) is 44.0 Å². The molecular weight excluding hydrogens is 743 g/mol. The number of fused-ring (bicyclic) bond motifs is 2. The van der Waals surface area contributed by atoms with E-state index in [0.29, 0.717) is 11.1 Å². The zero-order valence-electron chi connectivity index (χ0n) is 27.2. The van der Waals surface area contributed by atoms with Crippen molar-refractivity contribution < 1.29 is 43.2 Å². The van der Waals surface area contributed by atoms with Crippen LogP contribution in [0.15, 0.2) is 59.3 Å². The molecule has 2 amide bonds. The van der Waals surface area contributed by atoms with E-state index in [2.05, 4.69) is 19.8 Å². The van der Waals surface area contributed by atoms with Crippen molar-refractivity contribution in [3.05, 3.63) is 81.9 Å². The van der Waals surface area contributed by atoms with Gasteiger partial charge in [-0.3, -0.25) is 19.9 Å². The molecule has 8 N–H and O–H groups in total. The monoisotopic (exact) mass is 771 g/mol. The molecule has 52 heavy (non-hydrogen) atoms. The van der Waals surface area contributed by atoms with Crippen LogP contribution in [-0.2, 0) is 37.1 Å². The summed E-state index contributed by atoms with van der Waals surface area (Å²) in [5.74, 6) is -5.35. The molecule has 1 fully saturated rings. The number of aromatic nitrogens is 4. The van der Waals surface area contributed by atoms with Crippen molar-refractivity contribution in [1.82, 2.24) is 24.1 Å². The highest BCUT2D eigenvalue weighted by Gasteiger charge is 2.55. The van der Waals surface area contributed by atoms with Gasteiger partial charge in [-0.25, -0.2) is 14.0 Å². The summed E-state index contributed by atoms with van der Waals surface area (Å²) in [7, 11) is 0. The van der Waals surface area contributed by atoms with Crippen molar-refractivity contribution in [1.29, 1.82) is 5.41 Å². The molecule has 1 aromatic carbocycles. The number of hydrogen-bond donors (Lipinski definition) is 6. The fourth-order valence-electron chi connectivity index (χ4n) is 5.43. The number of nitrogens with two attached hydrogens (primary N) is 2. The number of oxime groups is 1. The molecular formula is C31H29ClFN10O7S2+. The number of amides is 2. The van der Waals surface area contributed by atoms with Crippen LogP contribution in [-0.4, -0.2) is 87.1 Å². The van der Waals surface area contributed by atoms with E-state index in [9.17, 15) is 33.8 Å². The molecule has 1 saturated heterocycles. The number of carboxylic acid groups (broad SMARTS) is 2. The predicted molar refractivity (Wildman–Crippen MR) is 187 cm³/mol. The molecule has 0 radical (unpaired) electrons. The van der Waals surface area contributed by atoms with Crippen molar-refractivity contribution in [3.8, 4) is 0 Å². The normalized spacial score (nSPS) is 17.5. The first-order valence-corrected chi connectivity index (χ1v) is 17.4. The third-order valence-corrected chi connectivity index (χ3v) is 10.4. The minimum Gasteiger partial charge on any atom is -0.478 e. The Labute approximate surface area is 306 Å². The van der Waals surface area contributed by atoms with Crippen molar-refractivity contribution in [2.75, 3.05) is 11.5 Å². The van der Waals surface area contributed by atoms with E-state index in [1.807, 2.05) is 12.1 Å². The van der Waals surface area contributed by atoms with Crippen LogP contribution in [0.4, 0.5) is 9.52 Å². The highest BCUT2D eigenvalue weighted by molar-refractivity contribution is 8.00. The topological polar surface area (TPSA) is 256 Å². The van der Waals surface area contributed by atoms with Crippen LogP contribution < -0.4 is 21.4 Å². The van der Waals surface area contributed by atoms with Gasteiger partial charge in [0.25, 0.3) is 11.8 Å². The summed E-state index contributed by atoms with van der Waals surface area (Å²) < 4.78 is 22.4. The number of carbonyl (C=O) groups is 4. The summed E-state index contributed by atoms with van der Waals surface area (Å²) in [5, 5.41) is 33.5. The number of nitrogen functional groups attached to an aromatic ring is 2. The Morgan fingerprint density at radius 3 is 2.67 bits per heavy atom. The lowest BCUT2D eigenvalue weighted by molar-refractivity contribution is -0.687. The Balaban J connectivity index is 1.22. The Morgan fingerprint density at radius 2 is 2.04 bits per heavy atom. The number of carbonyl (C=O) groups excluding carboxylic acids is 2. The maximum absolute atomic E-state index is 15.0. The Hall–Kier alpha value is -5.60. The Bertz CT molecular complexity index is 2230. The number of amidine groups is 1. The van der Waals surface area contributed by atoms with Gasteiger partial charge in [0, 0.05) is 56.7 Å². The smallest absolute Gasteiger partial charge is 0.352 e. The minimum absolute atomic E-state index is 0.00515. The summed E-state index contributed by atoms with van der Waals surface area (Å²) in [6, 6.07) is 5.06. The third-order valence-electron chi connectivity index (χ3n) is 8.21. The molecule has 4 aromatic rings. The van der Waals surface area contributed by atoms with E-state index in [1.54, 1.807) is 27.7 Å². The van der Waals surface area contributed by atoms with Gasteiger partial charge in [-0.1, -0.05) is 16.8 Å². The largest absolute Gasteiger partial charge is 0.478 e. The molecule has 3 aromatic heterocycles. The second kappa shape index (κ2) is 13.8. The third kappa shape index (κ3) is 6.86. The van der Waals surface area contributed by atoms with Crippen LogP contribution in [0.2, 0.25) is 5.02 Å². The molecule has 2 atom stereocenters. The van der Waals surface area contributed by atoms with Crippen LogP contribution in [0.1, 0.15) is 30.8 Å². The fourth-order valence-corrected chi connectivity index (χ4v) is 7.47. The standard InChI is InChI=1S/C31H28ClFN10O7S2/c1-31(2,29(48)49)50-39-20(24-38-30(36)52-40-24)25(44)37-21-26(45)43-22(28(46)47)15(12-51-27(21)43)9-41-5-3-13-4-6-42(19(13)11-41)10-16-17(32)7-14(23(34)35)8-18(16)33/h3-8,11,21,27H,9-10,12H2,1-2H3,(H7-,34,35,36,37,38,40,44,46,47,48,49)/p+1/b39-20-/t21-,27-/m1/s1. The van der Waals surface area contributed by atoms with Gasteiger partial charge in [0.15, 0.2) is 24.1 Å². The van der Waals surface area contributed by atoms with Gasteiger partial charge in [-0.2, -0.15) is 13.9 Å². The fraction of sp³-hybridized carbons (Fsp3) is 0.258. The van der Waals surface area contributed by atoms with Gasteiger partial charge in [-0.05, 0) is 32.0 Å². The molecule has 6 rings (SSSR count). The summed E-state index contributed by atoms with van der Waals surface area (Å²) in [6.45, 7) is 2.58. The van der Waals surface area contributed by atoms with E-state index in [4.69, 9.17) is 33.3 Å². The van der Waals surface area contributed by atoms with Crippen LogP contribution in [0, 0.1) is 11.2 Å². The Kier molecular flexibility index (Phi) is 9.64. The highest BCUT2D eigenvalue weighted by atomic mass is 35.5. The Morgan fingerprint density at radius 1 is 1.29 bits per heavy atom. The van der Waals surface area contributed by atoms with Crippen molar-refractivity contribution >= 4 is 86.2 Å². The summed E-state index contributed by atoms with van der Waals surface area (Å²) in [6.07, 6.45) is 5.28. The first-order chi connectivity index (χ1) is 24.5. The van der Waals surface area contributed by atoms with Crippen LogP contribution in [0.3, 0.4) is 0 Å². The molecule has 0 bridgehead atoms. The van der Waals surface area contributed by atoms with E-state index < -0.39 is 52.3 Å². The number of aliphatic carboxylic acids is 2.